The average Bonchev–Trinajstić information content (AvgIpc) is 2.63. The SMILES string of the molecule is CC(F)(F)CCCC1(S(=O)(=O)Cl)CC1. The first-order valence-electron chi connectivity index (χ1n) is 4.48. The Hall–Kier alpha value is 0.1000. The third-order valence-electron chi connectivity index (χ3n) is 2.57. The Morgan fingerprint density at radius 1 is 1.43 bits per heavy atom. The highest BCUT2D eigenvalue weighted by Gasteiger charge is 2.53. The summed E-state index contributed by atoms with van der Waals surface area (Å²) in [5.74, 6) is -2.72. The molecule has 0 heterocycles. The molecule has 0 atom stereocenters. The predicted molar refractivity (Wildman–Crippen MR) is 51.2 cm³/mol. The molecule has 0 aromatic heterocycles. The van der Waals surface area contributed by atoms with Gasteiger partial charge in [0.15, 0.2) is 0 Å². The molecule has 0 aromatic rings. The molecule has 0 bridgehead atoms. The number of hydrogen-bond donors (Lipinski definition) is 0. The van der Waals surface area contributed by atoms with Crippen LogP contribution >= 0.6 is 10.7 Å². The van der Waals surface area contributed by atoms with Crippen molar-refractivity contribution in [3.05, 3.63) is 0 Å². The molecule has 0 spiro atoms. The Morgan fingerprint density at radius 2 is 1.93 bits per heavy atom. The van der Waals surface area contributed by atoms with Crippen LogP contribution < -0.4 is 0 Å². The minimum atomic E-state index is -3.58. The second kappa shape index (κ2) is 3.59. The minimum absolute atomic E-state index is 0.204. The van der Waals surface area contributed by atoms with Crippen molar-refractivity contribution in [1.29, 1.82) is 0 Å². The van der Waals surface area contributed by atoms with Crippen LogP contribution in [0.4, 0.5) is 8.78 Å². The van der Waals surface area contributed by atoms with Crippen LogP contribution in [-0.4, -0.2) is 19.1 Å². The summed E-state index contributed by atoms with van der Waals surface area (Å²) in [5.41, 5.74) is 0. The van der Waals surface area contributed by atoms with Gasteiger partial charge in [0, 0.05) is 17.1 Å². The molecule has 0 amide bonds. The van der Waals surface area contributed by atoms with Gasteiger partial charge in [-0.3, -0.25) is 0 Å². The second-order valence-electron chi connectivity index (χ2n) is 4.04. The highest BCUT2D eigenvalue weighted by Crippen LogP contribution is 2.49. The summed E-state index contributed by atoms with van der Waals surface area (Å²) < 4.78 is 46.1. The first kappa shape index (κ1) is 12.2. The number of alkyl halides is 2. The molecule has 0 saturated heterocycles. The van der Waals surface area contributed by atoms with Crippen molar-refractivity contribution in [3.8, 4) is 0 Å². The zero-order valence-electron chi connectivity index (χ0n) is 7.89. The van der Waals surface area contributed by atoms with Gasteiger partial charge in [-0.1, -0.05) is 0 Å². The largest absolute Gasteiger partial charge is 0.245 e. The topological polar surface area (TPSA) is 34.1 Å². The molecule has 84 valence electrons. The van der Waals surface area contributed by atoms with E-state index in [0.717, 1.165) is 6.92 Å². The Kier molecular flexibility index (Phi) is 3.12. The fourth-order valence-corrected chi connectivity index (χ4v) is 3.15. The maximum absolute atomic E-state index is 12.4. The first-order chi connectivity index (χ1) is 6.16. The van der Waals surface area contributed by atoms with E-state index in [1.54, 1.807) is 0 Å². The molecule has 14 heavy (non-hydrogen) atoms. The van der Waals surface area contributed by atoms with Crippen molar-refractivity contribution in [2.24, 2.45) is 0 Å². The van der Waals surface area contributed by atoms with Gasteiger partial charge in [-0.25, -0.2) is 17.2 Å². The Labute approximate surface area is 87.1 Å². The average molecular weight is 247 g/mol. The maximum Gasteiger partial charge on any atom is 0.245 e. The van der Waals surface area contributed by atoms with Gasteiger partial charge in [0.2, 0.25) is 15.0 Å². The fourth-order valence-electron chi connectivity index (χ4n) is 1.48. The van der Waals surface area contributed by atoms with E-state index in [1.165, 1.54) is 0 Å². The molecule has 0 N–H and O–H groups in total. The van der Waals surface area contributed by atoms with Crippen LogP contribution in [0.3, 0.4) is 0 Å². The monoisotopic (exact) mass is 246 g/mol. The van der Waals surface area contributed by atoms with E-state index < -0.39 is 19.7 Å². The fraction of sp³-hybridized carbons (Fsp3) is 1.00. The molecule has 0 radical (unpaired) electrons. The molecule has 2 nitrogen and oxygen atoms in total. The van der Waals surface area contributed by atoms with Gasteiger partial charge in [-0.15, -0.1) is 0 Å². The summed E-state index contributed by atoms with van der Waals surface area (Å²) in [7, 11) is 1.64. The van der Waals surface area contributed by atoms with Crippen LogP contribution in [0.25, 0.3) is 0 Å². The molecule has 1 aliphatic rings. The lowest BCUT2D eigenvalue weighted by Gasteiger charge is -2.13. The Balaban J connectivity index is 2.40. The molecule has 0 aromatic carbocycles. The Bertz CT molecular complexity index is 304. The number of halogens is 3. The maximum atomic E-state index is 12.4. The molecule has 6 heteroatoms. The Morgan fingerprint density at radius 3 is 2.21 bits per heavy atom. The molecule has 1 aliphatic carbocycles. The van der Waals surface area contributed by atoms with E-state index in [1.807, 2.05) is 0 Å². The lowest BCUT2D eigenvalue weighted by Crippen LogP contribution is -2.19. The third-order valence-corrected chi connectivity index (χ3v) is 5.20. The highest BCUT2D eigenvalue weighted by molar-refractivity contribution is 8.15. The van der Waals surface area contributed by atoms with E-state index in [0.29, 0.717) is 12.8 Å². The summed E-state index contributed by atoms with van der Waals surface area (Å²) >= 11 is 0. The standard InChI is InChI=1S/C8H13ClF2O2S/c1-7(10,11)3-2-4-8(5-6-8)14(9,12)13/h2-6H2,1H3. The van der Waals surface area contributed by atoms with Crippen molar-refractivity contribution in [2.75, 3.05) is 0 Å². The normalized spacial score (nSPS) is 20.9. The van der Waals surface area contributed by atoms with Crippen molar-refractivity contribution in [2.45, 2.75) is 49.7 Å². The van der Waals surface area contributed by atoms with Crippen LogP contribution in [0.15, 0.2) is 0 Å². The zero-order valence-corrected chi connectivity index (χ0v) is 9.47. The zero-order chi connectivity index (χ0) is 11.0. The molecular formula is C8H13ClF2O2S. The van der Waals surface area contributed by atoms with E-state index in [4.69, 9.17) is 10.7 Å². The van der Waals surface area contributed by atoms with Crippen molar-refractivity contribution >= 4 is 19.7 Å². The van der Waals surface area contributed by atoms with Crippen LogP contribution in [0.2, 0.25) is 0 Å². The third kappa shape index (κ3) is 3.05. The van der Waals surface area contributed by atoms with E-state index in [9.17, 15) is 17.2 Å². The molecular weight excluding hydrogens is 234 g/mol. The van der Waals surface area contributed by atoms with Crippen LogP contribution in [0.1, 0.15) is 39.0 Å². The van der Waals surface area contributed by atoms with E-state index >= 15 is 0 Å². The summed E-state index contributed by atoms with van der Waals surface area (Å²) in [5, 5.41) is 0. The van der Waals surface area contributed by atoms with Crippen LogP contribution in [-0.2, 0) is 9.05 Å². The summed E-state index contributed by atoms with van der Waals surface area (Å²) in [6, 6.07) is 0. The van der Waals surface area contributed by atoms with Crippen LogP contribution in [0, 0.1) is 0 Å². The van der Waals surface area contributed by atoms with Gasteiger partial charge < -0.3 is 0 Å². The molecule has 1 fully saturated rings. The predicted octanol–water partition coefficient (Wildman–Crippen LogP) is 2.91. The number of hydrogen-bond acceptors (Lipinski definition) is 2. The smallest absolute Gasteiger partial charge is 0.212 e. The van der Waals surface area contributed by atoms with Gasteiger partial charge in [-0.2, -0.15) is 0 Å². The first-order valence-corrected chi connectivity index (χ1v) is 6.79. The summed E-state index contributed by atoms with van der Waals surface area (Å²) in [6.07, 6.45) is 1.20. The highest BCUT2D eigenvalue weighted by atomic mass is 35.7. The van der Waals surface area contributed by atoms with E-state index in [2.05, 4.69) is 0 Å². The van der Waals surface area contributed by atoms with Crippen molar-refractivity contribution in [3.63, 3.8) is 0 Å². The molecule has 1 saturated carbocycles. The van der Waals surface area contributed by atoms with Gasteiger partial charge in [0.05, 0.1) is 4.75 Å². The number of rotatable bonds is 5. The van der Waals surface area contributed by atoms with Gasteiger partial charge in [0.1, 0.15) is 0 Å². The minimum Gasteiger partial charge on any atom is -0.212 e. The van der Waals surface area contributed by atoms with Crippen molar-refractivity contribution in [1.82, 2.24) is 0 Å². The second-order valence-corrected chi connectivity index (χ2v) is 7.01. The lowest BCUT2D eigenvalue weighted by atomic mass is 10.1. The molecule has 1 rings (SSSR count). The quantitative estimate of drug-likeness (QED) is 0.699. The van der Waals surface area contributed by atoms with Gasteiger partial charge in [0.25, 0.3) is 0 Å². The summed E-state index contributed by atoms with van der Waals surface area (Å²) in [4.78, 5) is 0. The lowest BCUT2D eigenvalue weighted by molar-refractivity contribution is 0.0103. The van der Waals surface area contributed by atoms with Crippen LogP contribution in [0.5, 0.6) is 0 Å². The van der Waals surface area contributed by atoms with Crippen molar-refractivity contribution < 1.29 is 17.2 Å². The summed E-state index contributed by atoms with van der Waals surface area (Å²) in [6.45, 7) is 0.835. The molecule has 0 unspecified atom stereocenters. The molecule has 0 aliphatic heterocycles. The van der Waals surface area contributed by atoms with Gasteiger partial charge >= 0.3 is 0 Å². The van der Waals surface area contributed by atoms with Gasteiger partial charge in [-0.05, 0) is 32.6 Å². The van der Waals surface area contributed by atoms with E-state index in [-0.39, 0.29) is 19.3 Å².